The second kappa shape index (κ2) is 11.5. The van der Waals surface area contributed by atoms with Crippen LogP contribution in [0.4, 0.5) is 5.69 Å². The maximum atomic E-state index is 12.9. The second-order valence-electron chi connectivity index (χ2n) is 8.74. The normalized spacial score (nSPS) is 20.5. The summed E-state index contributed by atoms with van der Waals surface area (Å²) in [6, 6.07) is 16.8. The van der Waals surface area contributed by atoms with Crippen molar-refractivity contribution in [2.24, 2.45) is 0 Å². The molecule has 2 fully saturated rings. The van der Waals surface area contributed by atoms with E-state index in [0.29, 0.717) is 6.54 Å². The second-order valence-corrected chi connectivity index (χ2v) is 8.74. The van der Waals surface area contributed by atoms with E-state index in [1.165, 1.54) is 24.0 Å². The number of nitrogens with one attached hydrogen (secondary N) is 1. The third kappa shape index (κ3) is 6.31. The summed E-state index contributed by atoms with van der Waals surface area (Å²) in [5.74, 6) is 0.912. The molecular formula is C26H35N3O3. The third-order valence-electron chi connectivity index (χ3n) is 6.46. The predicted octanol–water partition coefficient (Wildman–Crippen LogP) is 4.08. The predicted molar refractivity (Wildman–Crippen MR) is 127 cm³/mol. The third-order valence-corrected chi connectivity index (χ3v) is 6.46. The molecule has 4 rings (SSSR count). The number of rotatable bonds is 7. The molecule has 1 N–H and O–H groups in total. The smallest absolute Gasteiger partial charge is 0.238 e. The van der Waals surface area contributed by atoms with Crippen LogP contribution >= 0.6 is 0 Å². The summed E-state index contributed by atoms with van der Waals surface area (Å²) in [6.45, 7) is 5.85. The van der Waals surface area contributed by atoms with Crippen LogP contribution in [0.5, 0.6) is 5.75 Å². The zero-order valence-corrected chi connectivity index (χ0v) is 19.1. The summed E-state index contributed by atoms with van der Waals surface area (Å²) in [5, 5.41) is 3.10. The molecule has 0 unspecified atom stereocenters. The number of nitrogens with zero attached hydrogens (tertiary/aromatic N) is 2. The Bertz CT molecular complexity index is 848. The zero-order valence-electron chi connectivity index (χ0n) is 19.1. The Balaban J connectivity index is 1.34. The highest BCUT2D eigenvalue weighted by atomic mass is 16.5. The number of methoxy groups -OCH3 is 1. The largest absolute Gasteiger partial charge is 0.497 e. The van der Waals surface area contributed by atoms with Gasteiger partial charge in [-0.15, -0.1) is 0 Å². The van der Waals surface area contributed by atoms with E-state index in [2.05, 4.69) is 39.4 Å². The van der Waals surface area contributed by atoms with Crippen LogP contribution in [-0.4, -0.2) is 62.2 Å². The zero-order chi connectivity index (χ0) is 22.2. The van der Waals surface area contributed by atoms with Crippen molar-refractivity contribution in [1.82, 2.24) is 9.80 Å². The monoisotopic (exact) mass is 437 g/mol. The number of amides is 1. The Hall–Kier alpha value is -2.41. The fraction of sp³-hybridized carbons (Fsp3) is 0.500. The minimum absolute atomic E-state index is 0.0475. The average molecular weight is 438 g/mol. The van der Waals surface area contributed by atoms with Crippen molar-refractivity contribution in [2.45, 2.75) is 38.3 Å². The first-order chi connectivity index (χ1) is 15.7. The van der Waals surface area contributed by atoms with E-state index in [-0.39, 0.29) is 11.9 Å². The Labute approximate surface area is 191 Å². The fourth-order valence-electron chi connectivity index (χ4n) is 4.66. The first-order valence-corrected chi connectivity index (χ1v) is 11.8. The average Bonchev–Trinajstić information content (AvgIpc) is 3.06. The first-order valence-electron chi connectivity index (χ1n) is 11.8. The first kappa shape index (κ1) is 22.8. The molecule has 2 saturated heterocycles. The van der Waals surface area contributed by atoms with Crippen molar-refractivity contribution in [3.8, 4) is 5.75 Å². The van der Waals surface area contributed by atoms with Crippen LogP contribution in [0, 0.1) is 0 Å². The van der Waals surface area contributed by atoms with Crippen molar-refractivity contribution >= 4 is 11.6 Å². The fourth-order valence-corrected chi connectivity index (χ4v) is 4.66. The lowest BCUT2D eigenvalue weighted by Crippen LogP contribution is -2.36. The van der Waals surface area contributed by atoms with Crippen LogP contribution in [0.1, 0.15) is 42.9 Å². The molecule has 2 aromatic carbocycles. The molecule has 6 heteroatoms. The molecule has 6 nitrogen and oxygen atoms in total. The lowest BCUT2D eigenvalue weighted by Gasteiger charge is -2.30. The lowest BCUT2D eigenvalue weighted by molar-refractivity contribution is -0.117. The van der Waals surface area contributed by atoms with Gasteiger partial charge in [0.2, 0.25) is 5.91 Å². The van der Waals surface area contributed by atoms with Crippen molar-refractivity contribution in [2.75, 3.05) is 51.8 Å². The molecule has 2 aromatic rings. The van der Waals surface area contributed by atoms with E-state index < -0.39 is 0 Å². The van der Waals surface area contributed by atoms with Crippen LogP contribution < -0.4 is 10.1 Å². The number of morpholine rings is 1. The molecule has 0 saturated carbocycles. The molecule has 2 heterocycles. The Morgan fingerprint density at radius 3 is 2.47 bits per heavy atom. The topological polar surface area (TPSA) is 54.0 Å². The van der Waals surface area contributed by atoms with Crippen LogP contribution in [0.3, 0.4) is 0 Å². The van der Waals surface area contributed by atoms with Gasteiger partial charge in [-0.05, 0) is 54.8 Å². The maximum Gasteiger partial charge on any atom is 0.238 e. The van der Waals surface area contributed by atoms with Gasteiger partial charge in [-0.3, -0.25) is 14.6 Å². The van der Waals surface area contributed by atoms with E-state index in [9.17, 15) is 4.79 Å². The molecule has 2 aliphatic rings. The summed E-state index contributed by atoms with van der Waals surface area (Å²) in [4.78, 5) is 17.6. The quantitative estimate of drug-likeness (QED) is 0.707. The van der Waals surface area contributed by atoms with Gasteiger partial charge >= 0.3 is 0 Å². The minimum atomic E-state index is 0.0475. The summed E-state index contributed by atoms with van der Waals surface area (Å²) < 4.78 is 10.7. The molecular weight excluding hydrogens is 402 g/mol. The minimum Gasteiger partial charge on any atom is -0.497 e. The summed E-state index contributed by atoms with van der Waals surface area (Å²) in [7, 11) is 1.69. The van der Waals surface area contributed by atoms with Crippen molar-refractivity contribution in [3.05, 3.63) is 59.7 Å². The van der Waals surface area contributed by atoms with E-state index in [4.69, 9.17) is 9.47 Å². The van der Waals surface area contributed by atoms with Gasteiger partial charge in [0, 0.05) is 31.4 Å². The Kier molecular flexibility index (Phi) is 8.15. The summed E-state index contributed by atoms with van der Waals surface area (Å²) in [6.07, 6.45) is 4.63. The number of hydrogen-bond acceptors (Lipinski definition) is 5. The van der Waals surface area contributed by atoms with Gasteiger partial charge in [-0.1, -0.05) is 37.1 Å². The van der Waals surface area contributed by atoms with Crippen LogP contribution in [0.25, 0.3) is 0 Å². The molecule has 0 aromatic heterocycles. The number of hydrogen-bond donors (Lipinski definition) is 1. The van der Waals surface area contributed by atoms with Gasteiger partial charge < -0.3 is 14.8 Å². The molecule has 2 aliphatic heterocycles. The van der Waals surface area contributed by atoms with E-state index in [1.54, 1.807) is 7.11 Å². The van der Waals surface area contributed by atoms with Gasteiger partial charge in [-0.25, -0.2) is 0 Å². The number of anilines is 1. The van der Waals surface area contributed by atoms with Crippen molar-refractivity contribution in [1.29, 1.82) is 0 Å². The summed E-state index contributed by atoms with van der Waals surface area (Å²) in [5.41, 5.74) is 3.38. The summed E-state index contributed by atoms with van der Waals surface area (Å²) >= 11 is 0. The SMILES string of the molecule is COc1ccc([C@H]2CCCCCN2CC(=O)Nc2ccc(CN3CCOCC3)cc2)cc1. The number of likely N-dealkylation sites (tertiary alicyclic amines) is 1. The van der Waals surface area contributed by atoms with Crippen molar-refractivity contribution in [3.63, 3.8) is 0 Å². The van der Waals surface area contributed by atoms with Crippen LogP contribution in [0.2, 0.25) is 0 Å². The van der Waals surface area contributed by atoms with E-state index >= 15 is 0 Å². The van der Waals surface area contributed by atoms with Gasteiger partial charge in [-0.2, -0.15) is 0 Å². The number of ether oxygens (including phenoxy) is 2. The molecule has 172 valence electrons. The highest BCUT2D eigenvalue weighted by Crippen LogP contribution is 2.31. The molecule has 1 amide bonds. The number of carbonyl (C=O) groups is 1. The van der Waals surface area contributed by atoms with Gasteiger partial charge in [0.15, 0.2) is 0 Å². The number of benzene rings is 2. The van der Waals surface area contributed by atoms with Crippen molar-refractivity contribution < 1.29 is 14.3 Å². The van der Waals surface area contributed by atoms with E-state index in [0.717, 1.165) is 63.7 Å². The van der Waals surface area contributed by atoms with E-state index in [1.807, 2.05) is 24.3 Å². The molecule has 0 bridgehead atoms. The molecule has 1 atom stereocenters. The number of carbonyl (C=O) groups excluding carboxylic acids is 1. The highest BCUT2D eigenvalue weighted by molar-refractivity contribution is 5.92. The molecule has 32 heavy (non-hydrogen) atoms. The van der Waals surface area contributed by atoms with Gasteiger partial charge in [0.1, 0.15) is 5.75 Å². The highest BCUT2D eigenvalue weighted by Gasteiger charge is 2.24. The van der Waals surface area contributed by atoms with Crippen LogP contribution in [0.15, 0.2) is 48.5 Å². The molecule has 0 radical (unpaired) electrons. The lowest BCUT2D eigenvalue weighted by atomic mass is 10.0. The molecule has 0 aliphatic carbocycles. The maximum absolute atomic E-state index is 12.9. The standard InChI is InChI=1S/C26H35N3O3/c1-31-24-12-8-22(9-13-24)25-5-3-2-4-14-29(25)20-26(30)27-23-10-6-21(7-11-23)19-28-15-17-32-18-16-28/h6-13,25H,2-5,14-20H2,1H3,(H,27,30)/t25-/m1/s1. The Morgan fingerprint density at radius 2 is 1.75 bits per heavy atom. The van der Waals surface area contributed by atoms with Gasteiger partial charge in [0.05, 0.1) is 26.9 Å². The Morgan fingerprint density at radius 1 is 1.00 bits per heavy atom. The van der Waals surface area contributed by atoms with Crippen LogP contribution in [-0.2, 0) is 16.1 Å². The molecule has 0 spiro atoms. The van der Waals surface area contributed by atoms with Gasteiger partial charge in [0.25, 0.3) is 0 Å².